The van der Waals surface area contributed by atoms with Crippen LogP contribution in [-0.2, 0) is 0 Å². The lowest BCUT2D eigenvalue weighted by molar-refractivity contribution is 0.102. The van der Waals surface area contributed by atoms with E-state index in [1.54, 1.807) is 12.1 Å². The number of anilines is 2. The highest BCUT2D eigenvalue weighted by atomic mass is 16.5. The van der Waals surface area contributed by atoms with E-state index in [9.17, 15) is 4.79 Å². The number of amides is 1. The largest absolute Gasteiger partial charge is 0.494 e. The van der Waals surface area contributed by atoms with Gasteiger partial charge >= 0.3 is 0 Å². The maximum absolute atomic E-state index is 12.7. The molecule has 0 spiro atoms. The lowest BCUT2D eigenvalue weighted by Gasteiger charge is -2.34. The van der Waals surface area contributed by atoms with Gasteiger partial charge in [0.05, 0.1) is 6.61 Å². The summed E-state index contributed by atoms with van der Waals surface area (Å²) in [5.74, 6) is 1.06. The van der Waals surface area contributed by atoms with Gasteiger partial charge in [0, 0.05) is 48.5 Å². The maximum atomic E-state index is 12.7. The second-order valence-electron chi connectivity index (χ2n) is 10.1. The van der Waals surface area contributed by atoms with Gasteiger partial charge in [-0.15, -0.1) is 0 Å². The first kappa shape index (κ1) is 28.3. The Hall–Kier alpha value is -3.31. The van der Waals surface area contributed by atoms with E-state index in [1.165, 1.54) is 0 Å². The lowest BCUT2D eigenvalue weighted by Crippen LogP contribution is -2.46. The molecule has 0 heterocycles. The van der Waals surface area contributed by atoms with Crippen LogP contribution in [0.4, 0.5) is 11.4 Å². The smallest absolute Gasteiger partial charge is 0.255 e. The topological polar surface area (TPSA) is 53.6 Å². The molecule has 0 fully saturated rings. The van der Waals surface area contributed by atoms with E-state index in [2.05, 4.69) is 85.0 Å². The molecule has 0 saturated heterocycles. The van der Waals surface area contributed by atoms with Gasteiger partial charge in [-0.1, -0.05) is 49.8 Å². The number of aryl methyl sites for hydroxylation is 1. The number of allylic oxidation sites excluding steroid dienone is 4. The van der Waals surface area contributed by atoms with Gasteiger partial charge in [0.2, 0.25) is 0 Å². The Morgan fingerprint density at radius 3 is 2.32 bits per heavy atom. The summed E-state index contributed by atoms with van der Waals surface area (Å²) in [6.07, 6.45) is 16.3. The first-order valence-corrected chi connectivity index (χ1v) is 13.5. The van der Waals surface area contributed by atoms with Crippen LogP contribution >= 0.6 is 0 Å². The fourth-order valence-electron chi connectivity index (χ4n) is 4.59. The van der Waals surface area contributed by atoms with Crippen LogP contribution in [0.1, 0.15) is 56.0 Å². The average molecular weight is 502 g/mol. The molecule has 1 atom stereocenters. The van der Waals surface area contributed by atoms with Crippen molar-refractivity contribution in [3.63, 3.8) is 0 Å². The molecule has 2 aromatic rings. The van der Waals surface area contributed by atoms with Crippen molar-refractivity contribution in [1.82, 2.24) is 5.32 Å². The summed E-state index contributed by atoms with van der Waals surface area (Å²) in [6.45, 7) is 11.1. The maximum Gasteiger partial charge on any atom is 0.255 e. The van der Waals surface area contributed by atoms with Gasteiger partial charge in [-0.3, -0.25) is 4.79 Å². The van der Waals surface area contributed by atoms with Crippen LogP contribution in [0.15, 0.2) is 78.9 Å². The number of hydrogen-bond donors (Lipinski definition) is 2. The lowest BCUT2D eigenvalue weighted by atomic mass is 9.91. The summed E-state index contributed by atoms with van der Waals surface area (Å²) in [5, 5.41) is 6.90. The van der Waals surface area contributed by atoms with E-state index >= 15 is 0 Å². The minimum absolute atomic E-state index is 0.0745. The molecular weight excluding hydrogens is 458 g/mol. The third-order valence-corrected chi connectivity index (χ3v) is 6.94. The average Bonchev–Trinajstić information content (AvgIpc) is 3.17. The predicted molar refractivity (Wildman–Crippen MR) is 157 cm³/mol. The molecule has 2 aromatic carbocycles. The third-order valence-electron chi connectivity index (χ3n) is 6.94. The van der Waals surface area contributed by atoms with Gasteiger partial charge < -0.3 is 20.3 Å². The molecule has 0 aromatic heterocycles. The molecule has 198 valence electrons. The number of ether oxygens (including phenoxy) is 1. The number of nitrogens with zero attached hydrogens (tertiary/aromatic N) is 1. The number of benzene rings is 2. The fourth-order valence-corrected chi connectivity index (χ4v) is 4.59. The van der Waals surface area contributed by atoms with Crippen LogP contribution in [-0.4, -0.2) is 38.2 Å². The van der Waals surface area contributed by atoms with E-state index < -0.39 is 0 Å². The number of nitrogens with one attached hydrogen (secondary N) is 2. The van der Waals surface area contributed by atoms with Crippen molar-refractivity contribution in [3.8, 4) is 5.75 Å². The number of carbonyl (C=O) groups excluding carboxylic acids is 1. The van der Waals surface area contributed by atoms with Crippen molar-refractivity contribution < 1.29 is 9.53 Å². The van der Waals surface area contributed by atoms with Crippen molar-refractivity contribution in [1.29, 1.82) is 0 Å². The van der Waals surface area contributed by atoms with E-state index in [0.29, 0.717) is 18.1 Å². The SMILES string of the molecule is CCCC(C)(CCN(C)c1ccc(NC(=O)c2ccc(OCC)cc2)c(C)c1)NCC1C=CC=CC=C1. The summed E-state index contributed by atoms with van der Waals surface area (Å²) < 4.78 is 5.47. The van der Waals surface area contributed by atoms with Crippen LogP contribution in [0.3, 0.4) is 0 Å². The van der Waals surface area contributed by atoms with Gasteiger partial charge in [-0.2, -0.15) is 0 Å². The Morgan fingerprint density at radius 2 is 1.70 bits per heavy atom. The molecule has 5 heteroatoms. The van der Waals surface area contributed by atoms with Crippen LogP contribution in [0.2, 0.25) is 0 Å². The first-order chi connectivity index (χ1) is 17.8. The minimum Gasteiger partial charge on any atom is -0.494 e. The predicted octanol–water partition coefficient (Wildman–Crippen LogP) is 6.92. The van der Waals surface area contributed by atoms with Crippen LogP contribution in [0, 0.1) is 12.8 Å². The van der Waals surface area contributed by atoms with Crippen LogP contribution in [0.25, 0.3) is 0 Å². The molecule has 5 nitrogen and oxygen atoms in total. The molecule has 0 radical (unpaired) electrons. The molecule has 2 N–H and O–H groups in total. The molecule has 1 amide bonds. The zero-order chi connectivity index (χ0) is 26.7. The Labute approximate surface area is 223 Å². The molecule has 1 unspecified atom stereocenters. The van der Waals surface area contributed by atoms with Gasteiger partial charge in [0.15, 0.2) is 0 Å². The van der Waals surface area contributed by atoms with E-state index in [1.807, 2.05) is 32.0 Å². The minimum atomic E-state index is -0.122. The highest BCUT2D eigenvalue weighted by Gasteiger charge is 2.24. The summed E-state index contributed by atoms with van der Waals surface area (Å²) in [5.41, 5.74) is 3.70. The summed E-state index contributed by atoms with van der Waals surface area (Å²) in [6, 6.07) is 13.5. The van der Waals surface area contributed by atoms with Gasteiger partial charge in [-0.05, 0) is 81.6 Å². The van der Waals surface area contributed by atoms with Crippen molar-refractivity contribution in [2.45, 2.75) is 52.5 Å². The quantitative estimate of drug-likeness (QED) is 0.313. The summed E-state index contributed by atoms with van der Waals surface area (Å²) in [4.78, 5) is 15.0. The number of rotatable bonds is 13. The van der Waals surface area contributed by atoms with Crippen LogP contribution < -0.4 is 20.3 Å². The molecular formula is C32H43N3O2. The summed E-state index contributed by atoms with van der Waals surface area (Å²) >= 11 is 0. The van der Waals surface area contributed by atoms with Gasteiger partial charge in [0.1, 0.15) is 5.75 Å². The second kappa shape index (κ2) is 13.8. The number of carbonyl (C=O) groups is 1. The Morgan fingerprint density at radius 1 is 1.00 bits per heavy atom. The zero-order valence-electron chi connectivity index (χ0n) is 23.1. The highest BCUT2D eigenvalue weighted by Crippen LogP contribution is 2.25. The van der Waals surface area contributed by atoms with Crippen molar-refractivity contribution in [2.24, 2.45) is 5.92 Å². The highest BCUT2D eigenvalue weighted by molar-refractivity contribution is 6.04. The van der Waals surface area contributed by atoms with E-state index in [-0.39, 0.29) is 11.4 Å². The molecule has 0 bridgehead atoms. The van der Waals surface area contributed by atoms with Crippen molar-refractivity contribution in [2.75, 3.05) is 37.0 Å². The Balaban J connectivity index is 1.57. The van der Waals surface area contributed by atoms with E-state index in [4.69, 9.17) is 4.74 Å². The van der Waals surface area contributed by atoms with Crippen molar-refractivity contribution >= 4 is 17.3 Å². The molecule has 0 aliphatic heterocycles. The zero-order valence-corrected chi connectivity index (χ0v) is 23.1. The standard InChI is InChI=1S/C32H43N3O2/c1-6-20-32(4,33-24-26-12-10-8-9-11-13-26)21-22-35(5)28-16-19-30(25(3)23-28)34-31(36)27-14-17-29(18-15-27)37-7-2/h8-19,23,26,33H,6-7,20-22,24H2,1-5H3,(H,34,36). The Bertz CT molecular complexity index is 1090. The Kier molecular flexibility index (Phi) is 10.6. The number of hydrogen-bond acceptors (Lipinski definition) is 4. The molecule has 0 saturated carbocycles. The molecule has 37 heavy (non-hydrogen) atoms. The van der Waals surface area contributed by atoms with Crippen molar-refractivity contribution in [3.05, 3.63) is 90.0 Å². The summed E-state index contributed by atoms with van der Waals surface area (Å²) in [7, 11) is 2.14. The normalized spacial score (nSPS) is 14.7. The molecule has 3 rings (SSSR count). The van der Waals surface area contributed by atoms with Crippen LogP contribution in [0.5, 0.6) is 5.75 Å². The third kappa shape index (κ3) is 8.64. The first-order valence-electron chi connectivity index (χ1n) is 13.5. The van der Waals surface area contributed by atoms with Gasteiger partial charge in [0.25, 0.3) is 5.91 Å². The second-order valence-corrected chi connectivity index (χ2v) is 10.1. The fraction of sp³-hybridized carbons (Fsp3) is 0.406. The molecule has 1 aliphatic carbocycles. The monoisotopic (exact) mass is 501 g/mol. The molecule has 1 aliphatic rings. The van der Waals surface area contributed by atoms with Gasteiger partial charge in [-0.25, -0.2) is 0 Å². The van der Waals surface area contributed by atoms with E-state index in [0.717, 1.165) is 55.0 Å².